The van der Waals surface area contributed by atoms with Crippen molar-refractivity contribution in [2.75, 3.05) is 24.2 Å². The number of ether oxygens (including phenoxy) is 1. The maximum Gasteiger partial charge on any atom is 0.308 e. The fourth-order valence-electron chi connectivity index (χ4n) is 4.28. The fraction of sp³-hybridized carbons (Fsp3) is 0.536. The molecule has 0 amide bonds. The number of aliphatic hydroxyl groups is 2. The minimum atomic E-state index is -3.71. The zero-order valence-electron chi connectivity index (χ0n) is 26.5. The number of hydrogen-bond donors (Lipinski definition) is 6. The molecule has 1 aromatic heterocycles. The quantitative estimate of drug-likeness (QED) is 0.0705. The monoisotopic (exact) mass is 691 g/mol. The molecule has 4 atom stereocenters. The summed E-state index contributed by atoms with van der Waals surface area (Å²) < 4.78 is 44.1. The maximum absolute atomic E-state index is 13.7. The lowest BCUT2D eigenvalue weighted by Crippen LogP contribution is -2.37. The summed E-state index contributed by atoms with van der Waals surface area (Å²) in [7, 11) is -2.41. The van der Waals surface area contributed by atoms with Gasteiger partial charge in [-0.05, 0) is 49.9 Å². The molecule has 4 unspecified atom stereocenters. The van der Waals surface area contributed by atoms with Crippen LogP contribution in [0.4, 0.5) is 10.3 Å². The molecule has 0 aliphatic rings. The minimum Gasteiger partial charge on any atom is -0.466 e. The zero-order chi connectivity index (χ0) is 35.5. The van der Waals surface area contributed by atoms with Gasteiger partial charge in [0, 0.05) is 24.6 Å². The van der Waals surface area contributed by atoms with E-state index in [1.165, 1.54) is 50.4 Å². The van der Waals surface area contributed by atoms with E-state index in [4.69, 9.17) is 25.6 Å². The number of sulfonamides is 1. The standard InChI is InChI=1S/C28H42FN5O12S/c1-17(2)26-23(27(19-8-10-20(29)11-9-19)31-28(30-26)32(4)47(5,42)43)13-12-21(35)15-22(36)16-25(37)44-14-6-7-24(46-34(40)41)18(3)45-33(38)39/h8-13,17-18,21-22,24,35-36,38-41H,6-7,14-16H2,1-5H3/b13-12+. The highest BCUT2D eigenvalue weighted by Gasteiger charge is 2.25. The van der Waals surface area contributed by atoms with Crippen molar-refractivity contribution >= 4 is 28.0 Å². The van der Waals surface area contributed by atoms with Gasteiger partial charge in [-0.1, -0.05) is 26.0 Å². The van der Waals surface area contributed by atoms with Gasteiger partial charge in [0.2, 0.25) is 16.0 Å². The van der Waals surface area contributed by atoms with E-state index in [1.54, 1.807) is 0 Å². The van der Waals surface area contributed by atoms with Gasteiger partial charge in [-0.3, -0.25) is 25.6 Å². The van der Waals surface area contributed by atoms with Crippen LogP contribution in [0.3, 0.4) is 0 Å². The van der Waals surface area contributed by atoms with E-state index >= 15 is 0 Å². The van der Waals surface area contributed by atoms with Crippen LogP contribution in [0, 0.1) is 5.82 Å². The zero-order valence-corrected chi connectivity index (χ0v) is 27.4. The summed E-state index contributed by atoms with van der Waals surface area (Å²) in [5, 5.41) is 55.2. The molecule has 1 aromatic carbocycles. The van der Waals surface area contributed by atoms with Gasteiger partial charge in [-0.2, -0.15) is 0 Å². The van der Waals surface area contributed by atoms with Crippen molar-refractivity contribution in [3.8, 4) is 11.3 Å². The van der Waals surface area contributed by atoms with Crippen LogP contribution in [0.15, 0.2) is 30.3 Å². The average Bonchev–Trinajstić information content (AvgIpc) is 2.96. The van der Waals surface area contributed by atoms with Crippen LogP contribution in [0.1, 0.15) is 63.6 Å². The van der Waals surface area contributed by atoms with Crippen molar-refractivity contribution in [3.05, 3.63) is 47.4 Å². The molecule has 0 radical (unpaired) electrons. The first-order chi connectivity index (χ1) is 21.9. The minimum absolute atomic E-state index is 0.0273. The van der Waals surface area contributed by atoms with Crippen LogP contribution in [0.2, 0.25) is 0 Å². The third-order valence-corrected chi connectivity index (χ3v) is 7.88. The Bertz CT molecular complexity index is 1430. The summed E-state index contributed by atoms with van der Waals surface area (Å²) in [5.41, 5.74) is 1.63. The Morgan fingerprint density at radius 3 is 2.19 bits per heavy atom. The average molecular weight is 692 g/mol. The normalized spacial score (nSPS) is 15.0. The molecule has 0 bridgehead atoms. The maximum atomic E-state index is 13.7. The Hall–Kier alpha value is -3.21. The van der Waals surface area contributed by atoms with Gasteiger partial charge in [-0.25, -0.2) is 36.8 Å². The van der Waals surface area contributed by atoms with Gasteiger partial charge in [-0.15, -0.1) is 0 Å². The molecular weight excluding hydrogens is 649 g/mol. The summed E-state index contributed by atoms with van der Waals surface area (Å²) in [6.07, 6.45) is -1.35. The molecule has 47 heavy (non-hydrogen) atoms. The molecule has 2 rings (SSSR count). The highest BCUT2D eigenvalue weighted by atomic mass is 32.2. The van der Waals surface area contributed by atoms with Crippen molar-refractivity contribution in [1.29, 1.82) is 0 Å². The van der Waals surface area contributed by atoms with Crippen molar-refractivity contribution in [2.45, 2.75) is 76.8 Å². The van der Waals surface area contributed by atoms with Gasteiger partial charge in [0.05, 0.1) is 53.7 Å². The second kappa shape index (κ2) is 18.4. The molecular formula is C28H42FN5O12S. The van der Waals surface area contributed by atoms with Crippen molar-refractivity contribution < 1.29 is 63.1 Å². The Balaban J connectivity index is 2.11. The number of carbonyl (C=O) groups excluding carboxylic acids is 1. The highest BCUT2D eigenvalue weighted by molar-refractivity contribution is 7.92. The molecule has 1 heterocycles. The number of rotatable bonds is 19. The van der Waals surface area contributed by atoms with Crippen molar-refractivity contribution in [1.82, 2.24) is 20.7 Å². The van der Waals surface area contributed by atoms with Crippen LogP contribution >= 0.6 is 0 Å². The van der Waals surface area contributed by atoms with Crippen LogP contribution in [-0.4, -0.2) is 111 Å². The number of carbonyl (C=O) groups is 1. The fourth-order valence-corrected chi connectivity index (χ4v) is 4.65. The van der Waals surface area contributed by atoms with E-state index in [2.05, 4.69) is 19.6 Å². The summed E-state index contributed by atoms with van der Waals surface area (Å²) >= 11 is 0. The molecule has 0 aliphatic carbocycles. The second-order valence-electron chi connectivity index (χ2n) is 10.9. The largest absolute Gasteiger partial charge is 0.466 e. The molecule has 264 valence electrons. The summed E-state index contributed by atoms with van der Waals surface area (Å²) in [5.74, 6) is -1.60. The van der Waals surface area contributed by atoms with Crippen molar-refractivity contribution in [3.63, 3.8) is 0 Å². The molecule has 6 N–H and O–H groups in total. The van der Waals surface area contributed by atoms with E-state index in [1.807, 2.05) is 13.8 Å². The third kappa shape index (κ3) is 13.4. The van der Waals surface area contributed by atoms with E-state index in [0.29, 0.717) is 16.8 Å². The Labute approximate surface area is 271 Å². The highest BCUT2D eigenvalue weighted by Crippen LogP contribution is 2.32. The SMILES string of the molecule is CC(C)c1nc(N(C)S(C)(=O)=O)nc(-c2ccc(F)cc2)c1/C=C/C(O)CC(O)CC(=O)OCCCC(ON(O)O)C(C)ON(O)O. The number of aliphatic hydroxyl groups excluding tert-OH is 2. The Morgan fingerprint density at radius 2 is 1.64 bits per heavy atom. The predicted molar refractivity (Wildman–Crippen MR) is 161 cm³/mol. The Kier molecular flexibility index (Phi) is 15.6. The first kappa shape index (κ1) is 40.0. The molecule has 0 saturated heterocycles. The number of anilines is 1. The van der Waals surface area contributed by atoms with Gasteiger partial charge in [0.15, 0.2) is 0 Å². The van der Waals surface area contributed by atoms with Crippen molar-refractivity contribution in [2.24, 2.45) is 0 Å². The number of hydrogen-bond acceptors (Lipinski definition) is 16. The first-order valence-corrected chi connectivity index (χ1v) is 16.2. The lowest BCUT2D eigenvalue weighted by atomic mass is 9.97. The molecule has 0 fully saturated rings. The lowest BCUT2D eigenvalue weighted by Gasteiger charge is -2.24. The number of benzene rings is 1. The molecule has 19 heteroatoms. The van der Waals surface area contributed by atoms with E-state index in [9.17, 15) is 27.8 Å². The summed E-state index contributed by atoms with van der Waals surface area (Å²) in [4.78, 5) is 30.4. The molecule has 0 aliphatic heterocycles. The van der Waals surface area contributed by atoms with Crippen LogP contribution in [-0.2, 0) is 29.2 Å². The topological polar surface area (TPSA) is 236 Å². The summed E-state index contributed by atoms with van der Waals surface area (Å²) in [6, 6.07) is 5.40. The van der Waals surface area contributed by atoms with Crippen LogP contribution < -0.4 is 4.31 Å². The number of esters is 1. The molecule has 2 aromatic rings. The van der Waals surface area contributed by atoms with Gasteiger partial charge in [0.1, 0.15) is 18.0 Å². The smallest absolute Gasteiger partial charge is 0.308 e. The second-order valence-corrected chi connectivity index (χ2v) is 12.9. The third-order valence-electron chi connectivity index (χ3n) is 6.72. The van der Waals surface area contributed by atoms with Gasteiger partial charge < -0.3 is 14.9 Å². The van der Waals surface area contributed by atoms with E-state index < -0.39 is 63.4 Å². The Morgan fingerprint density at radius 1 is 1.02 bits per heavy atom. The van der Waals surface area contributed by atoms with E-state index in [-0.39, 0.29) is 43.4 Å². The lowest BCUT2D eigenvalue weighted by molar-refractivity contribution is -0.537. The van der Waals surface area contributed by atoms with Crippen LogP contribution in [0.5, 0.6) is 0 Å². The number of nitrogens with zero attached hydrogens (tertiary/aromatic N) is 5. The van der Waals surface area contributed by atoms with Crippen LogP contribution in [0.25, 0.3) is 17.3 Å². The molecule has 0 saturated carbocycles. The van der Waals surface area contributed by atoms with Gasteiger partial charge >= 0.3 is 5.97 Å². The summed E-state index contributed by atoms with van der Waals surface area (Å²) in [6.45, 7) is 4.85. The predicted octanol–water partition coefficient (Wildman–Crippen LogP) is 2.42. The molecule has 0 spiro atoms. The van der Waals surface area contributed by atoms with E-state index in [0.717, 1.165) is 10.6 Å². The van der Waals surface area contributed by atoms with Gasteiger partial charge in [0.25, 0.3) is 0 Å². The number of halogens is 1. The first-order valence-electron chi connectivity index (χ1n) is 14.4. The number of aromatic nitrogens is 2. The molecule has 17 nitrogen and oxygen atoms in total.